The van der Waals surface area contributed by atoms with E-state index in [0.717, 1.165) is 0 Å². The molecule has 0 saturated heterocycles. The van der Waals surface area contributed by atoms with Gasteiger partial charge in [-0.1, -0.05) is 0 Å². The molecule has 0 aliphatic carbocycles. The van der Waals surface area contributed by atoms with Gasteiger partial charge in [0.1, 0.15) is 6.10 Å². The summed E-state index contributed by atoms with van der Waals surface area (Å²) < 4.78 is 4.60. The molecule has 12 heavy (non-hydrogen) atoms. The highest BCUT2D eigenvalue weighted by Crippen LogP contribution is 2.12. The Morgan fingerprint density at radius 2 is 2.33 bits per heavy atom. The highest BCUT2D eigenvalue weighted by molar-refractivity contribution is 5.37. The molecule has 0 fully saturated rings. The Bertz CT molecular complexity index is 260. The summed E-state index contributed by atoms with van der Waals surface area (Å²) in [5.74, 6) is -0.156. The molecule has 1 heterocycles. The van der Waals surface area contributed by atoms with Gasteiger partial charge in [-0.05, 0) is 6.92 Å². The predicted octanol–water partition coefficient (Wildman–Crippen LogP) is 0.416. The maximum absolute atomic E-state index is 9.94. The average Bonchev–Trinajstić information content (AvgIpc) is 2.06. The van der Waals surface area contributed by atoms with E-state index in [0.29, 0.717) is 12.2 Å². The van der Waals surface area contributed by atoms with Crippen LogP contribution in [0.4, 0.5) is 0 Å². The van der Waals surface area contributed by atoms with Crippen LogP contribution < -0.4 is 0 Å². The van der Waals surface area contributed by atoms with Crippen molar-refractivity contribution >= 4 is 6.47 Å². The summed E-state index contributed by atoms with van der Waals surface area (Å²) in [6, 6.07) is 0. The first-order valence-electron chi connectivity index (χ1n) is 3.34. The molecule has 1 atom stereocenters. The van der Waals surface area contributed by atoms with Gasteiger partial charge in [-0.2, -0.15) is 0 Å². The van der Waals surface area contributed by atoms with Gasteiger partial charge in [0.25, 0.3) is 6.47 Å². The summed E-state index contributed by atoms with van der Waals surface area (Å²) in [6.45, 7) is 2.01. The zero-order chi connectivity index (χ0) is 8.97. The number of nitrogens with zero attached hydrogens (tertiary/aromatic N) is 2. The van der Waals surface area contributed by atoms with E-state index in [1.165, 1.54) is 12.4 Å². The molecule has 0 saturated carbocycles. The first-order valence-corrected chi connectivity index (χ1v) is 3.34. The van der Waals surface area contributed by atoms with Crippen molar-refractivity contribution in [2.24, 2.45) is 0 Å². The van der Waals surface area contributed by atoms with E-state index in [2.05, 4.69) is 14.7 Å². The number of carbonyl (C=O) groups excluding carboxylic acids is 1. The van der Waals surface area contributed by atoms with Crippen LogP contribution in [0.25, 0.3) is 0 Å². The predicted molar refractivity (Wildman–Crippen MR) is 39.3 cm³/mol. The molecule has 1 aromatic heterocycles. The summed E-state index contributed by atoms with van der Waals surface area (Å²) >= 11 is 0. The monoisotopic (exact) mass is 168 g/mol. The topological polar surface area (TPSA) is 72.3 Å². The lowest BCUT2D eigenvalue weighted by Gasteiger charge is -2.06. The van der Waals surface area contributed by atoms with Crippen LogP contribution in [0.2, 0.25) is 0 Å². The van der Waals surface area contributed by atoms with E-state index in [1.807, 2.05) is 0 Å². The lowest BCUT2D eigenvalue weighted by molar-refractivity contribution is -0.133. The molecule has 0 bridgehead atoms. The minimum absolute atomic E-state index is 0.156. The van der Waals surface area contributed by atoms with Crippen molar-refractivity contribution in [2.75, 3.05) is 0 Å². The third kappa shape index (κ3) is 1.91. The van der Waals surface area contributed by atoms with Gasteiger partial charge in [0.15, 0.2) is 0 Å². The lowest BCUT2D eigenvalue weighted by Crippen LogP contribution is -2.01. The Labute approximate surface area is 69.0 Å². The van der Waals surface area contributed by atoms with Crippen molar-refractivity contribution in [1.29, 1.82) is 0 Å². The summed E-state index contributed by atoms with van der Waals surface area (Å²) in [7, 11) is 0. The standard InChI is InChI=1S/C7H8N2O3/c1-5(12-4-10)6-2-9-7(11)3-8-6/h2-5H,1H3,(H,9,11). The molecule has 0 aromatic carbocycles. The summed E-state index contributed by atoms with van der Waals surface area (Å²) in [5.41, 5.74) is 0.500. The largest absolute Gasteiger partial charge is 0.492 e. The van der Waals surface area contributed by atoms with Crippen LogP contribution >= 0.6 is 0 Å². The number of rotatable bonds is 3. The van der Waals surface area contributed by atoms with Crippen LogP contribution in [0.1, 0.15) is 18.7 Å². The maximum Gasteiger partial charge on any atom is 0.293 e. The minimum atomic E-state index is -0.435. The lowest BCUT2D eigenvalue weighted by atomic mass is 10.3. The van der Waals surface area contributed by atoms with Crippen molar-refractivity contribution in [2.45, 2.75) is 13.0 Å². The summed E-state index contributed by atoms with van der Waals surface area (Å²) in [6.07, 6.45) is 2.11. The van der Waals surface area contributed by atoms with Crippen molar-refractivity contribution in [3.63, 3.8) is 0 Å². The molecular weight excluding hydrogens is 160 g/mol. The Balaban J connectivity index is 2.74. The van der Waals surface area contributed by atoms with Gasteiger partial charge in [0, 0.05) is 0 Å². The van der Waals surface area contributed by atoms with Crippen LogP contribution in [0.15, 0.2) is 12.4 Å². The third-order valence-electron chi connectivity index (χ3n) is 1.33. The van der Waals surface area contributed by atoms with Gasteiger partial charge in [-0.25, -0.2) is 4.98 Å². The molecule has 5 nitrogen and oxygen atoms in total. The molecular formula is C7H8N2O3. The van der Waals surface area contributed by atoms with E-state index in [1.54, 1.807) is 6.92 Å². The molecule has 64 valence electrons. The molecule has 0 aliphatic rings. The summed E-state index contributed by atoms with van der Waals surface area (Å²) in [4.78, 5) is 17.3. The smallest absolute Gasteiger partial charge is 0.293 e. The first-order chi connectivity index (χ1) is 5.74. The van der Waals surface area contributed by atoms with Crippen LogP contribution in [0.5, 0.6) is 5.88 Å². The third-order valence-corrected chi connectivity index (χ3v) is 1.33. The Morgan fingerprint density at radius 1 is 1.58 bits per heavy atom. The van der Waals surface area contributed by atoms with E-state index in [-0.39, 0.29) is 5.88 Å². The molecule has 0 radical (unpaired) electrons. The van der Waals surface area contributed by atoms with E-state index < -0.39 is 6.10 Å². The zero-order valence-electron chi connectivity index (χ0n) is 6.47. The van der Waals surface area contributed by atoms with Crippen LogP contribution in [0.3, 0.4) is 0 Å². The Morgan fingerprint density at radius 3 is 2.83 bits per heavy atom. The number of ether oxygens (including phenoxy) is 1. The zero-order valence-corrected chi connectivity index (χ0v) is 6.47. The van der Waals surface area contributed by atoms with Crippen LogP contribution in [-0.2, 0) is 9.53 Å². The average molecular weight is 168 g/mol. The first kappa shape index (κ1) is 8.45. The molecule has 0 aliphatic heterocycles. The quantitative estimate of drug-likeness (QED) is 0.662. The number of aromatic nitrogens is 2. The Hall–Kier alpha value is -1.65. The number of carbonyl (C=O) groups is 1. The van der Waals surface area contributed by atoms with Crippen molar-refractivity contribution in [3.05, 3.63) is 18.1 Å². The van der Waals surface area contributed by atoms with E-state index in [4.69, 9.17) is 5.11 Å². The van der Waals surface area contributed by atoms with Gasteiger partial charge < -0.3 is 9.84 Å². The number of aromatic hydroxyl groups is 1. The second-order valence-corrected chi connectivity index (χ2v) is 2.17. The highest BCUT2D eigenvalue weighted by Gasteiger charge is 2.06. The fourth-order valence-electron chi connectivity index (χ4n) is 0.694. The van der Waals surface area contributed by atoms with Gasteiger partial charge in [-0.15, -0.1) is 0 Å². The Kier molecular flexibility index (Phi) is 2.57. The molecule has 1 N–H and O–H groups in total. The normalized spacial score (nSPS) is 12.1. The van der Waals surface area contributed by atoms with Gasteiger partial charge in [0.05, 0.1) is 18.1 Å². The van der Waals surface area contributed by atoms with Crippen LogP contribution in [0, 0.1) is 0 Å². The van der Waals surface area contributed by atoms with Crippen molar-refractivity contribution < 1.29 is 14.6 Å². The molecule has 5 heteroatoms. The second kappa shape index (κ2) is 3.66. The minimum Gasteiger partial charge on any atom is -0.492 e. The van der Waals surface area contributed by atoms with Crippen molar-refractivity contribution in [1.82, 2.24) is 9.97 Å². The highest BCUT2D eigenvalue weighted by atomic mass is 16.5. The van der Waals surface area contributed by atoms with E-state index >= 15 is 0 Å². The van der Waals surface area contributed by atoms with Gasteiger partial charge in [0.2, 0.25) is 5.88 Å². The maximum atomic E-state index is 9.94. The van der Waals surface area contributed by atoms with Gasteiger partial charge in [-0.3, -0.25) is 9.78 Å². The molecule has 1 aromatic rings. The molecule has 1 rings (SSSR count). The van der Waals surface area contributed by atoms with Gasteiger partial charge >= 0.3 is 0 Å². The molecule has 1 unspecified atom stereocenters. The second-order valence-electron chi connectivity index (χ2n) is 2.17. The molecule has 0 amide bonds. The number of hydrogen-bond acceptors (Lipinski definition) is 5. The van der Waals surface area contributed by atoms with E-state index in [9.17, 15) is 4.79 Å². The fourth-order valence-corrected chi connectivity index (χ4v) is 0.694. The number of hydrogen-bond donors (Lipinski definition) is 1. The summed E-state index contributed by atoms with van der Waals surface area (Å²) in [5, 5.41) is 8.78. The van der Waals surface area contributed by atoms with Crippen molar-refractivity contribution in [3.8, 4) is 5.88 Å². The SMILES string of the molecule is CC(OC=O)c1cnc(O)cn1. The fraction of sp³-hybridized carbons (Fsp3) is 0.286. The van der Waals surface area contributed by atoms with Crippen LogP contribution in [-0.4, -0.2) is 21.5 Å². The molecule has 0 spiro atoms.